The number of rotatable bonds is 4. The first-order chi connectivity index (χ1) is 10.2. The number of halogens is 1. The second-order valence-corrected chi connectivity index (χ2v) is 13.4. The van der Waals surface area contributed by atoms with Crippen LogP contribution in [0.15, 0.2) is 12.3 Å². The molecule has 0 fully saturated rings. The highest BCUT2D eigenvalue weighted by molar-refractivity contribution is 6.74. The van der Waals surface area contributed by atoms with Crippen molar-refractivity contribution in [3.8, 4) is 0 Å². The van der Waals surface area contributed by atoms with Gasteiger partial charge in [-0.15, -0.1) is 0 Å². The third-order valence-electron chi connectivity index (χ3n) is 3.99. The van der Waals surface area contributed by atoms with Crippen LogP contribution in [0.5, 0.6) is 0 Å². The lowest BCUT2D eigenvalue weighted by Gasteiger charge is -2.36. The standard InChI is InChI=1S/C17H28ClNO3Si/c1-16(2,3)22-15(20)13-12(9-10-19-14(13)18)11-21-23(7,8)17(4,5)6/h9-10H,11H2,1-8H3. The maximum Gasteiger partial charge on any atom is 0.342 e. The Morgan fingerprint density at radius 3 is 2.26 bits per heavy atom. The first kappa shape index (κ1) is 20.1. The molecule has 0 bridgehead atoms. The zero-order chi connectivity index (χ0) is 18.1. The van der Waals surface area contributed by atoms with E-state index in [0.29, 0.717) is 17.7 Å². The first-order valence-electron chi connectivity index (χ1n) is 7.75. The molecule has 23 heavy (non-hydrogen) atoms. The van der Waals surface area contributed by atoms with Crippen LogP contribution in [-0.4, -0.2) is 24.9 Å². The molecule has 0 aliphatic carbocycles. The number of hydrogen-bond donors (Lipinski definition) is 0. The van der Waals surface area contributed by atoms with E-state index in [0.717, 1.165) is 0 Å². The van der Waals surface area contributed by atoms with E-state index in [-0.39, 0.29) is 10.2 Å². The minimum Gasteiger partial charge on any atom is -0.456 e. The highest BCUT2D eigenvalue weighted by atomic mass is 35.5. The Labute approximate surface area is 145 Å². The fraction of sp³-hybridized carbons (Fsp3) is 0.647. The van der Waals surface area contributed by atoms with Crippen molar-refractivity contribution in [1.82, 2.24) is 4.98 Å². The van der Waals surface area contributed by atoms with E-state index < -0.39 is 19.9 Å². The van der Waals surface area contributed by atoms with E-state index in [1.165, 1.54) is 0 Å². The molecule has 4 nitrogen and oxygen atoms in total. The molecule has 0 N–H and O–H groups in total. The van der Waals surface area contributed by atoms with Crippen LogP contribution in [-0.2, 0) is 15.8 Å². The van der Waals surface area contributed by atoms with Gasteiger partial charge in [0.25, 0.3) is 0 Å². The summed E-state index contributed by atoms with van der Waals surface area (Å²) >= 11 is 6.14. The van der Waals surface area contributed by atoms with Crippen molar-refractivity contribution in [1.29, 1.82) is 0 Å². The van der Waals surface area contributed by atoms with Gasteiger partial charge >= 0.3 is 5.97 Å². The molecule has 0 atom stereocenters. The van der Waals surface area contributed by atoms with Crippen molar-refractivity contribution in [2.24, 2.45) is 0 Å². The van der Waals surface area contributed by atoms with Gasteiger partial charge in [0, 0.05) is 6.20 Å². The topological polar surface area (TPSA) is 48.4 Å². The van der Waals surface area contributed by atoms with E-state index in [9.17, 15) is 4.79 Å². The van der Waals surface area contributed by atoms with Crippen LogP contribution in [0.1, 0.15) is 57.5 Å². The molecular weight excluding hydrogens is 330 g/mol. The highest BCUT2D eigenvalue weighted by Crippen LogP contribution is 2.37. The summed E-state index contributed by atoms with van der Waals surface area (Å²) in [5.74, 6) is -0.468. The van der Waals surface area contributed by atoms with Gasteiger partial charge < -0.3 is 9.16 Å². The molecule has 130 valence electrons. The van der Waals surface area contributed by atoms with Gasteiger partial charge in [0.2, 0.25) is 0 Å². The smallest absolute Gasteiger partial charge is 0.342 e. The summed E-state index contributed by atoms with van der Waals surface area (Å²) in [5, 5.41) is 0.242. The average Bonchev–Trinajstić information content (AvgIpc) is 2.32. The Bertz CT molecular complexity index is 574. The lowest BCUT2D eigenvalue weighted by molar-refractivity contribution is 0.00665. The fourth-order valence-electron chi connectivity index (χ4n) is 1.61. The first-order valence-corrected chi connectivity index (χ1v) is 11.0. The van der Waals surface area contributed by atoms with Crippen molar-refractivity contribution < 1.29 is 14.0 Å². The van der Waals surface area contributed by atoms with Gasteiger partial charge in [-0.05, 0) is 50.5 Å². The SMILES string of the molecule is CC(C)(C)OC(=O)c1c(CO[Si](C)(C)C(C)(C)C)ccnc1Cl. The molecule has 1 aromatic rings. The number of carbonyl (C=O) groups excluding carboxylic acids is 1. The molecule has 0 saturated heterocycles. The molecule has 0 spiro atoms. The molecule has 1 aromatic heterocycles. The third-order valence-corrected chi connectivity index (χ3v) is 8.75. The minimum absolute atomic E-state index is 0.0932. The van der Waals surface area contributed by atoms with E-state index in [1.54, 1.807) is 12.3 Å². The average molecular weight is 358 g/mol. The molecule has 0 aliphatic rings. The molecule has 0 saturated carbocycles. The summed E-state index contributed by atoms with van der Waals surface area (Å²) in [6.07, 6.45) is 1.58. The molecule has 1 rings (SSSR count). The summed E-state index contributed by atoms with van der Waals surface area (Å²) in [7, 11) is -1.93. The van der Waals surface area contributed by atoms with Crippen LogP contribution >= 0.6 is 11.6 Å². The Morgan fingerprint density at radius 2 is 1.78 bits per heavy atom. The summed E-state index contributed by atoms with van der Waals surface area (Å²) in [4.78, 5) is 16.4. The Balaban J connectivity index is 3.06. The van der Waals surface area contributed by atoms with Gasteiger partial charge in [-0.2, -0.15) is 0 Å². The van der Waals surface area contributed by atoms with E-state index in [4.69, 9.17) is 20.8 Å². The summed E-state index contributed by atoms with van der Waals surface area (Å²) in [5.41, 5.74) is 0.417. The van der Waals surface area contributed by atoms with Gasteiger partial charge in [-0.3, -0.25) is 0 Å². The number of pyridine rings is 1. The predicted octanol–water partition coefficient (Wildman–Crippen LogP) is 5.21. The van der Waals surface area contributed by atoms with Crippen molar-refractivity contribution in [2.75, 3.05) is 0 Å². The van der Waals surface area contributed by atoms with Crippen molar-refractivity contribution in [3.05, 3.63) is 28.5 Å². The molecule has 0 aromatic carbocycles. The van der Waals surface area contributed by atoms with Gasteiger partial charge in [0.15, 0.2) is 8.32 Å². The maximum absolute atomic E-state index is 12.4. The molecule has 6 heteroatoms. The summed E-state index contributed by atoms with van der Waals surface area (Å²) < 4.78 is 11.6. The van der Waals surface area contributed by atoms with Crippen LogP contribution in [0.2, 0.25) is 23.3 Å². The molecule has 0 unspecified atom stereocenters. The number of hydrogen-bond acceptors (Lipinski definition) is 4. The molecule has 1 heterocycles. The lowest BCUT2D eigenvalue weighted by Crippen LogP contribution is -2.40. The van der Waals surface area contributed by atoms with Gasteiger partial charge in [0.1, 0.15) is 16.3 Å². The zero-order valence-electron chi connectivity index (χ0n) is 15.4. The Hall–Kier alpha value is -0.913. The van der Waals surface area contributed by atoms with Crippen molar-refractivity contribution in [3.63, 3.8) is 0 Å². The second-order valence-electron chi connectivity index (χ2n) is 8.19. The fourth-order valence-corrected chi connectivity index (χ4v) is 2.82. The van der Waals surface area contributed by atoms with Crippen LogP contribution in [0.3, 0.4) is 0 Å². The van der Waals surface area contributed by atoms with Crippen LogP contribution in [0.25, 0.3) is 0 Å². The third kappa shape index (κ3) is 5.59. The van der Waals surface area contributed by atoms with Gasteiger partial charge in [-0.1, -0.05) is 32.4 Å². The number of nitrogens with zero attached hydrogens (tertiary/aromatic N) is 1. The highest BCUT2D eigenvalue weighted by Gasteiger charge is 2.37. The van der Waals surface area contributed by atoms with E-state index in [1.807, 2.05) is 20.8 Å². The van der Waals surface area contributed by atoms with Gasteiger partial charge in [-0.25, -0.2) is 9.78 Å². The van der Waals surface area contributed by atoms with Crippen LogP contribution < -0.4 is 0 Å². The minimum atomic E-state index is -1.93. The van der Waals surface area contributed by atoms with E-state index >= 15 is 0 Å². The summed E-state index contributed by atoms with van der Waals surface area (Å²) in [6.45, 7) is 16.6. The maximum atomic E-state index is 12.4. The summed E-state index contributed by atoms with van der Waals surface area (Å²) in [6, 6.07) is 1.76. The second kappa shape index (κ2) is 6.91. The molecule has 0 aliphatic heterocycles. The quantitative estimate of drug-likeness (QED) is 0.421. The van der Waals surface area contributed by atoms with Crippen molar-refractivity contribution >= 4 is 25.9 Å². The van der Waals surface area contributed by atoms with Gasteiger partial charge in [0.05, 0.1) is 6.61 Å². The predicted molar refractivity (Wildman–Crippen MR) is 96.4 cm³/mol. The Kier molecular flexibility index (Phi) is 6.05. The van der Waals surface area contributed by atoms with Crippen LogP contribution in [0, 0.1) is 0 Å². The number of aromatic nitrogens is 1. The molecular formula is C17H28ClNO3Si. The monoisotopic (exact) mass is 357 g/mol. The normalized spacial score (nSPS) is 13.1. The number of carbonyl (C=O) groups is 1. The largest absolute Gasteiger partial charge is 0.456 e. The lowest BCUT2D eigenvalue weighted by atomic mass is 10.1. The number of esters is 1. The van der Waals surface area contributed by atoms with Crippen LogP contribution in [0.4, 0.5) is 0 Å². The zero-order valence-corrected chi connectivity index (χ0v) is 17.2. The molecule has 0 amide bonds. The van der Waals surface area contributed by atoms with Crippen molar-refractivity contribution in [2.45, 2.75) is 71.9 Å². The number of ether oxygens (including phenoxy) is 1. The van der Waals surface area contributed by atoms with E-state index in [2.05, 4.69) is 38.8 Å². The molecule has 0 radical (unpaired) electrons. The Morgan fingerprint density at radius 1 is 1.22 bits per heavy atom.